The van der Waals surface area contributed by atoms with Gasteiger partial charge in [-0.3, -0.25) is 0 Å². The van der Waals surface area contributed by atoms with E-state index in [1.54, 1.807) is 0 Å². The second kappa shape index (κ2) is 11.4. The summed E-state index contributed by atoms with van der Waals surface area (Å²) in [4.78, 5) is 10.4. The van der Waals surface area contributed by atoms with Gasteiger partial charge in [0.15, 0.2) is 5.82 Å². The summed E-state index contributed by atoms with van der Waals surface area (Å²) in [6.07, 6.45) is 7.49. The van der Waals surface area contributed by atoms with Crippen LogP contribution in [0.25, 0.3) is 56.2 Å². The van der Waals surface area contributed by atoms with Crippen molar-refractivity contribution in [1.82, 2.24) is 9.97 Å². The molecule has 0 radical (unpaired) electrons. The minimum atomic E-state index is -0.425. The van der Waals surface area contributed by atoms with E-state index in [2.05, 4.69) is 164 Å². The number of hydrogen-bond acceptors (Lipinski definition) is 3. The van der Waals surface area contributed by atoms with E-state index in [1.165, 1.54) is 33.4 Å². The Labute approximate surface area is 291 Å². The molecule has 3 aliphatic rings. The fourth-order valence-corrected chi connectivity index (χ4v) is 8.34. The Morgan fingerprint density at radius 2 is 1.06 bits per heavy atom. The number of nitrogens with zero attached hydrogens (tertiary/aromatic N) is 2. The fraction of sp³-hybridized carbons (Fsp3) is 0.0638. The summed E-state index contributed by atoms with van der Waals surface area (Å²) in [6, 6.07) is 55.9. The minimum Gasteiger partial charge on any atom is -0.485 e. The molecule has 1 aromatic heterocycles. The van der Waals surface area contributed by atoms with Crippen molar-refractivity contribution in [2.24, 2.45) is 0 Å². The molecule has 2 aliphatic carbocycles. The molecule has 3 heteroatoms. The van der Waals surface area contributed by atoms with Crippen molar-refractivity contribution >= 4 is 0 Å². The van der Waals surface area contributed by atoms with Crippen LogP contribution in [0.3, 0.4) is 0 Å². The summed E-state index contributed by atoms with van der Waals surface area (Å²) in [6.45, 7) is 0. The Kier molecular flexibility index (Phi) is 6.53. The molecular weight excluding hydrogens is 609 g/mol. The molecule has 1 atom stereocenters. The topological polar surface area (TPSA) is 35.0 Å². The number of allylic oxidation sites excluding steroid dienone is 2. The number of fused-ring (bicyclic) bond motifs is 9. The molecule has 7 aromatic rings. The molecule has 0 saturated carbocycles. The van der Waals surface area contributed by atoms with E-state index >= 15 is 0 Å². The van der Waals surface area contributed by atoms with E-state index in [0.717, 1.165) is 51.4 Å². The number of benzene rings is 6. The van der Waals surface area contributed by atoms with Crippen molar-refractivity contribution in [3.05, 3.63) is 198 Å². The highest BCUT2D eigenvalue weighted by Gasteiger charge is 2.53. The van der Waals surface area contributed by atoms with Crippen LogP contribution in [0.1, 0.15) is 23.1 Å². The first-order valence-corrected chi connectivity index (χ1v) is 17.3. The van der Waals surface area contributed by atoms with Crippen LogP contribution in [0.4, 0.5) is 0 Å². The van der Waals surface area contributed by atoms with Gasteiger partial charge in [0.25, 0.3) is 0 Å². The first-order valence-electron chi connectivity index (χ1n) is 17.3. The van der Waals surface area contributed by atoms with E-state index in [1.807, 2.05) is 12.1 Å². The van der Waals surface area contributed by atoms with Crippen LogP contribution in [0, 0.1) is 0 Å². The Bertz CT molecular complexity index is 2390. The third kappa shape index (κ3) is 4.30. The van der Waals surface area contributed by atoms with Crippen molar-refractivity contribution < 1.29 is 4.74 Å². The zero-order valence-electron chi connectivity index (χ0n) is 27.3. The quantitative estimate of drug-likeness (QED) is 0.192. The lowest BCUT2D eigenvalue weighted by molar-refractivity contribution is 0.205. The molecule has 0 N–H and O–H groups in total. The summed E-state index contributed by atoms with van der Waals surface area (Å²) < 4.78 is 6.96. The number of rotatable bonds is 4. The van der Waals surface area contributed by atoms with E-state index in [-0.39, 0.29) is 6.10 Å². The number of ether oxygens (including phenoxy) is 1. The van der Waals surface area contributed by atoms with Crippen molar-refractivity contribution in [3.8, 4) is 61.9 Å². The van der Waals surface area contributed by atoms with Crippen molar-refractivity contribution in [3.63, 3.8) is 0 Å². The predicted molar refractivity (Wildman–Crippen MR) is 202 cm³/mol. The molecule has 0 saturated heterocycles. The zero-order valence-corrected chi connectivity index (χ0v) is 27.3. The van der Waals surface area contributed by atoms with Crippen LogP contribution >= 0.6 is 0 Å². The van der Waals surface area contributed by atoms with Crippen molar-refractivity contribution in [2.75, 3.05) is 0 Å². The molecule has 0 bridgehead atoms. The van der Waals surface area contributed by atoms with Crippen LogP contribution < -0.4 is 4.74 Å². The summed E-state index contributed by atoms with van der Waals surface area (Å²) in [5.41, 5.74) is 14.3. The third-order valence-corrected chi connectivity index (χ3v) is 10.5. The molecule has 236 valence electrons. The van der Waals surface area contributed by atoms with Gasteiger partial charge >= 0.3 is 0 Å². The molecule has 1 spiro atoms. The maximum Gasteiger partial charge on any atom is 0.161 e. The van der Waals surface area contributed by atoms with Crippen LogP contribution in [0.2, 0.25) is 0 Å². The molecule has 50 heavy (non-hydrogen) atoms. The van der Waals surface area contributed by atoms with Crippen LogP contribution in [0.5, 0.6) is 5.75 Å². The molecule has 3 nitrogen and oxygen atoms in total. The summed E-state index contributed by atoms with van der Waals surface area (Å²) in [5.74, 6) is 1.61. The van der Waals surface area contributed by atoms with Gasteiger partial charge in [0, 0.05) is 28.7 Å². The SMILES string of the molecule is C1=CCC2Oc3cc(-c4ccccc4-c4nc(-c5ccccc5)cc(-c5ccccc5)n4)ccc3C3(C2=C1)c1ccccc1-c1ccccc13. The van der Waals surface area contributed by atoms with Crippen LogP contribution in [-0.4, -0.2) is 16.1 Å². The standard InChI is InChI=1S/C47H32N2O/c1-3-15-31(16-4-1)42-30-43(32-17-5-2-6-18-32)49-46(48-42)37-22-8-7-19-34(37)33-27-28-41-45(29-33)50-44-26-14-13-25-40(44)47(41)38-23-11-9-20-35(38)36-21-10-12-24-39(36)47/h1-25,27-30,44H,26H2. The van der Waals surface area contributed by atoms with Gasteiger partial charge in [-0.15, -0.1) is 0 Å². The van der Waals surface area contributed by atoms with E-state index in [0.29, 0.717) is 5.82 Å². The highest BCUT2D eigenvalue weighted by atomic mass is 16.5. The highest BCUT2D eigenvalue weighted by Crippen LogP contribution is 2.61. The first-order chi connectivity index (χ1) is 24.8. The lowest BCUT2D eigenvalue weighted by atomic mass is 9.63. The van der Waals surface area contributed by atoms with E-state index < -0.39 is 5.41 Å². The smallest absolute Gasteiger partial charge is 0.161 e. The van der Waals surface area contributed by atoms with Gasteiger partial charge in [-0.25, -0.2) is 9.97 Å². The summed E-state index contributed by atoms with van der Waals surface area (Å²) in [7, 11) is 0. The van der Waals surface area contributed by atoms with Crippen LogP contribution in [0.15, 0.2) is 182 Å². The lowest BCUT2D eigenvalue weighted by Gasteiger charge is -2.45. The van der Waals surface area contributed by atoms with E-state index in [4.69, 9.17) is 14.7 Å². The Balaban J connectivity index is 1.17. The average molecular weight is 641 g/mol. The van der Waals surface area contributed by atoms with Crippen molar-refractivity contribution in [2.45, 2.75) is 17.9 Å². The Morgan fingerprint density at radius 3 is 1.70 bits per heavy atom. The lowest BCUT2D eigenvalue weighted by Crippen LogP contribution is -2.42. The maximum absolute atomic E-state index is 6.96. The minimum absolute atomic E-state index is 0.0588. The molecule has 0 amide bonds. The molecular formula is C47H32N2O. The Hall–Kier alpha value is -6.32. The molecule has 2 heterocycles. The van der Waals surface area contributed by atoms with Crippen molar-refractivity contribution in [1.29, 1.82) is 0 Å². The van der Waals surface area contributed by atoms with Gasteiger partial charge < -0.3 is 4.74 Å². The fourth-order valence-electron chi connectivity index (χ4n) is 8.34. The number of aromatic nitrogens is 2. The monoisotopic (exact) mass is 640 g/mol. The Morgan fingerprint density at radius 1 is 0.500 bits per heavy atom. The van der Waals surface area contributed by atoms with Gasteiger partial charge in [-0.2, -0.15) is 0 Å². The summed E-state index contributed by atoms with van der Waals surface area (Å²) >= 11 is 0. The second-order valence-corrected chi connectivity index (χ2v) is 13.2. The third-order valence-electron chi connectivity index (χ3n) is 10.5. The van der Waals surface area contributed by atoms with Gasteiger partial charge in [0.2, 0.25) is 0 Å². The predicted octanol–water partition coefficient (Wildman–Crippen LogP) is 11.1. The van der Waals surface area contributed by atoms with E-state index in [9.17, 15) is 0 Å². The number of hydrogen-bond donors (Lipinski definition) is 0. The van der Waals surface area contributed by atoms with Crippen LogP contribution in [-0.2, 0) is 5.41 Å². The van der Waals surface area contributed by atoms with Gasteiger partial charge in [0.1, 0.15) is 11.9 Å². The largest absolute Gasteiger partial charge is 0.485 e. The average Bonchev–Trinajstić information content (AvgIpc) is 3.49. The first kappa shape index (κ1) is 28.7. The molecule has 1 aliphatic heterocycles. The highest BCUT2D eigenvalue weighted by molar-refractivity contribution is 5.89. The van der Waals surface area contributed by atoms with Gasteiger partial charge in [0.05, 0.1) is 16.8 Å². The maximum atomic E-state index is 6.96. The molecule has 6 aromatic carbocycles. The normalized spacial score (nSPS) is 16.1. The molecule has 10 rings (SSSR count). The second-order valence-electron chi connectivity index (χ2n) is 13.2. The molecule has 0 fully saturated rings. The summed E-state index contributed by atoms with van der Waals surface area (Å²) in [5, 5.41) is 0. The van der Waals surface area contributed by atoms with Gasteiger partial charge in [-0.05, 0) is 51.1 Å². The van der Waals surface area contributed by atoms with Gasteiger partial charge in [-0.1, -0.05) is 164 Å². The molecule has 1 unspecified atom stereocenters. The zero-order chi connectivity index (χ0) is 33.1.